The molecule has 8 nitrogen and oxygen atoms in total. The number of fused-ring (bicyclic) bond motifs is 1. The second-order valence-corrected chi connectivity index (χ2v) is 6.52. The van der Waals surface area contributed by atoms with E-state index in [1.54, 1.807) is 0 Å². The van der Waals surface area contributed by atoms with Crippen LogP contribution in [0.2, 0.25) is 0 Å². The third kappa shape index (κ3) is 2.58. The number of halogens is 1. The highest BCUT2D eigenvalue weighted by Crippen LogP contribution is 2.30. The molecule has 1 aromatic carbocycles. The first-order chi connectivity index (χ1) is 9.20. The van der Waals surface area contributed by atoms with Crippen molar-refractivity contribution in [1.82, 2.24) is 4.57 Å². The van der Waals surface area contributed by atoms with Crippen LogP contribution in [0, 0.1) is 10.1 Å². The highest BCUT2D eigenvalue weighted by Gasteiger charge is 2.21. The molecule has 20 heavy (non-hydrogen) atoms. The van der Waals surface area contributed by atoms with Gasteiger partial charge in [-0.3, -0.25) is 14.9 Å². The maximum absolute atomic E-state index is 11.5. The molecule has 10 heteroatoms. The lowest BCUT2D eigenvalue weighted by Crippen LogP contribution is -2.17. The Labute approximate surface area is 117 Å². The van der Waals surface area contributed by atoms with Crippen molar-refractivity contribution in [2.45, 2.75) is 11.4 Å². The summed E-state index contributed by atoms with van der Waals surface area (Å²) in [5.74, 6) is -0.682. The fourth-order valence-electron chi connectivity index (χ4n) is 1.86. The molecule has 2 rings (SSSR count). The lowest BCUT2D eigenvalue weighted by atomic mass is 10.2. The van der Waals surface area contributed by atoms with Gasteiger partial charge < -0.3 is 10.3 Å². The predicted octanol–water partition coefficient (Wildman–Crippen LogP) is 0.962. The van der Waals surface area contributed by atoms with Gasteiger partial charge in [0.2, 0.25) is 5.91 Å². The predicted molar refractivity (Wildman–Crippen MR) is 70.8 cm³/mol. The molecule has 0 aliphatic heterocycles. The number of nitro groups is 1. The van der Waals surface area contributed by atoms with Crippen LogP contribution in [-0.2, 0) is 20.4 Å². The Bertz CT molecular complexity index is 827. The number of nitrogens with zero attached hydrogens (tertiary/aromatic N) is 2. The summed E-state index contributed by atoms with van der Waals surface area (Å²) in [5.41, 5.74) is 5.09. The molecule has 1 heterocycles. The number of rotatable bonds is 4. The van der Waals surface area contributed by atoms with Crippen molar-refractivity contribution in [2.75, 3.05) is 0 Å². The first kappa shape index (κ1) is 14.3. The van der Waals surface area contributed by atoms with Gasteiger partial charge in [-0.25, -0.2) is 8.42 Å². The van der Waals surface area contributed by atoms with Crippen molar-refractivity contribution in [3.63, 3.8) is 0 Å². The SMILES string of the molecule is NC(=O)Cn1cc(S(=O)(=O)Cl)c2cc([N+](=O)[O-])ccc21. The first-order valence-electron chi connectivity index (χ1n) is 5.20. The second kappa shape index (κ2) is 4.76. The molecule has 0 unspecified atom stereocenters. The van der Waals surface area contributed by atoms with Crippen molar-refractivity contribution in [1.29, 1.82) is 0 Å². The maximum Gasteiger partial charge on any atom is 0.270 e. The molecule has 0 spiro atoms. The zero-order chi connectivity index (χ0) is 15.1. The number of primary amides is 1. The highest BCUT2D eigenvalue weighted by molar-refractivity contribution is 8.14. The monoisotopic (exact) mass is 317 g/mol. The summed E-state index contributed by atoms with van der Waals surface area (Å²) >= 11 is 0. The molecular formula is C10H8ClN3O5S. The van der Waals surface area contributed by atoms with Crippen molar-refractivity contribution >= 4 is 42.2 Å². The van der Waals surface area contributed by atoms with Crippen LogP contribution < -0.4 is 5.73 Å². The van der Waals surface area contributed by atoms with Crippen molar-refractivity contribution in [3.05, 3.63) is 34.5 Å². The van der Waals surface area contributed by atoms with Crippen LogP contribution >= 0.6 is 10.7 Å². The van der Waals surface area contributed by atoms with E-state index in [9.17, 15) is 23.3 Å². The largest absolute Gasteiger partial charge is 0.368 e. The van der Waals surface area contributed by atoms with Gasteiger partial charge in [0.15, 0.2) is 0 Å². The summed E-state index contributed by atoms with van der Waals surface area (Å²) in [6.07, 6.45) is 1.13. The van der Waals surface area contributed by atoms with E-state index in [1.807, 2.05) is 0 Å². The Balaban J connectivity index is 2.80. The number of benzene rings is 1. The zero-order valence-electron chi connectivity index (χ0n) is 9.82. The number of carbonyl (C=O) groups excluding carboxylic acids is 1. The van der Waals surface area contributed by atoms with Crippen molar-refractivity contribution in [3.8, 4) is 0 Å². The summed E-state index contributed by atoms with van der Waals surface area (Å²) in [6, 6.07) is 3.62. The number of hydrogen-bond acceptors (Lipinski definition) is 5. The molecule has 1 aromatic heterocycles. The van der Waals surface area contributed by atoms with E-state index in [2.05, 4.69) is 0 Å². The highest BCUT2D eigenvalue weighted by atomic mass is 35.7. The average molecular weight is 318 g/mol. The quantitative estimate of drug-likeness (QED) is 0.510. The van der Waals surface area contributed by atoms with Gasteiger partial charge >= 0.3 is 0 Å². The minimum absolute atomic E-state index is 0.0652. The lowest BCUT2D eigenvalue weighted by molar-refractivity contribution is -0.384. The number of aromatic nitrogens is 1. The minimum atomic E-state index is -4.11. The first-order valence-corrected chi connectivity index (χ1v) is 7.51. The molecular weight excluding hydrogens is 310 g/mol. The second-order valence-electron chi connectivity index (χ2n) is 3.98. The van der Waals surface area contributed by atoms with Gasteiger partial charge in [-0.1, -0.05) is 0 Å². The Hall–Kier alpha value is -2.13. The fraction of sp³-hybridized carbons (Fsp3) is 0.100. The van der Waals surface area contributed by atoms with E-state index in [0.717, 1.165) is 12.3 Å². The van der Waals surface area contributed by atoms with Gasteiger partial charge in [0.05, 0.1) is 10.4 Å². The summed E-state index contributed by atoms with van der Waals surface area (Å²) < 4.78 is 24.3. The molecule has 2 N–H and O–H groups in total. The van der Waals surface area contributed by atoms with Crippen LogP contribution in [0.4, 0.5) is 5.69 Å². The summed E-state index contributed by atoms with van der Waals surface area (Å²) in [6.45, 7) is -0.263. The van der Waals surface area contributed by atoms with Gasteiger partial charge in [-0.2, -0.15) is 0 Å². The van der Waals surface area contributed by atoms with E-state index in [-0.39, 0.29) is 22.5 Å². The van der Waals surface area contributed by atoms with E-state index in [4.69, 9.17) is 16.4 Å². The lowest BCUT2D eigenvalue weighted by Gasteiger charge is -2.00. The van der Waals surface area contributed by atoms with Crippen molar-refractivity contribution < 1.29 is 18.1 Å². The molecule has 106 valence electrons. The van der Waals surface area contributed by atoms with E-state index < -0.39 is 19.9 Å². The van der Waals surface area contributed by atoms with Crippen LogP contribution in [0.25, 0.3) is 10.9 Å². The molecule has 2 aromatic rings. The third-order valence-corrected chi connectivity index (χ3v) is 3.98. The van der Waals surface area contributed by atoms with Gasteiger partial charge in [-0.15, -0.1) is 0 Å². The molecule has 0 bridgehead atoms. The number of non-ortho nitro benzene ring substituents is 1. The van der Waals surface area contributed by atoms with Gasteiger partial charge in [0, 0.05) is 34.4 Å². The average Bonchev–Trinajstić information content (AvgIpc) is 2.66. The molecule has 0 saturated heterocycles. The number of hydrogen-bond donors (Lipinski definition) is 1. The molecule has 0 aliphatic rings. The summed E-state index contributed by atoms with van der Waals surface area (Å²) in [7, 11) is 1.18. The summed E-state index contributed by atoms with van der Waals surface area (Å²) in [4.78, 5) is 20.7. The van der Waals surface area contributed by atoms with Gasteiger partial charge in [0.25, 0.3) is 14.7 Å². The zero-order valence-corrected chi connectivity index (χ0v) is 11.4. The molecule has 0 radical (unpaired) electrons. The maximum atomic E-state index is 11.5. The van der Waals surface area contributed by atoms with Gasteiger partial charge in [-0.05, 0) is 6.07 Å². The number of amides is 1. The van der Waals surface area contributed by atoms with E-state index >= 15 is 0 Å². The number of carbonyl (C=O) groups is 1. The fourth-order valence-corrected chi connectivity index (χ4v) is 2.91. The van der Waals surface area contributed by atoms with Crippen LogP contribution in [-0.4, -0.2) is 23.8 Å². The van der Waals surface area contributed by atoms with E-state index in [1.165, 1.54) is 16.7 Å². The number of nitrogens with two attached hydrogens (primary N) is 1. The number of nitro benzene ring substituents is 1. The van der Waals surface area contributed by atoms with Gasteiger partial charge in [0.1, 0.15) is 11.4 Å². The third-order valence-electron chi connectivity index (χ3n) is 2.63. The van der Waals surface area contributed by atoms with Crippen LogP contribution in [0.1, 0.15) is 0 Å². The van der Waals surface area contributed by atoms with Crippen LogP contribution in [0.3, 0.4) is 0 Å². The molecule has 0 atom stereocenters. The Kier molecular flexibility index (Phi) is 3.40. The summed E-state index contributed by atoms with van der Waals surface area (Å²) in [5, 5.41) is 10.8. The van der Waals surface area contributed by atoms with Crippen LogP contribution in [0.5, 0.6) is 0 Å². The van der Waals surface area contributed by atoms with Crippen molar-refractivity contribution in [2.24, 2.45) is 5.73 Å². The Morgan fingerprint density at radius 2 is 2.10 bits per heavy atom. The molecule has 0 fully saturated rings. The standard InChI is InChI=1S/C10H8ClN3O5S/c11-20(18,19)9-4-13(5-10(12)15)8-2-1-6(14(16)17)3-7(8)9/h1-4H,5H2,(H2,12,15). The smallest absolute Gasteiger partial charge is 0.270 e. The van der Waals surface area contributed by atoms with Crippen LogP contribution in [0.15, 0.2) is 29.3 Å². The minimum Gasteiger partial charge on any atom is -0.368 e. The van der Waals surface area contributed by atoms with E-state index in [0.29, 0.717) is 5.52 Å². The molecule has 0 saturated carbocycles. The molecule has 1 amide bonds. The topological polar surface area (TPSA) is 125 Å². The Morgan fingerprint density at radius 3 is 2.60 bits per heavy atom. The normalized spacial score (nSPS) is 11.7. The molecule has 0 aliphatic carbocycles. The Morgan fingerprint density at radius 1 is 1.45 bits per heavy atom.